The molecule has 0 bridgehead atoms. The van der Waals surface area contributed by atoms with Gasteiger partial charge in [0.15, 0.2) is 15.8 Å². The van der Waals surface area contributed by atoms with Gasteiger partial charge in [-0.3, -0.25) is 4.99 Å². The molecular weight excluding hydrogens is 465 g/mol. The van der Waals surface area contributed by atoms with Crippen molar-refractivity contribution in [2.24, 2.45) is 10.4 Å². The summed E-state index contributed by atoms with van der Waals surface area (Å²) >= 11 is 0. The maximum Gasteiger partial charge on any atom is 0.193 e. The summed E-state index contributed by atoms with van der Waals surface area (Å²) in [6.07, 6.45) is 6.55. The van der Waals surface area contributed by atoms with E-state index in [1.807, 2.05) is 7.05 Å². The van der Waals surface area contributed by atoms with Crippen molar-refractivity contribution in [2.45, 2.75) is 30.6 Å². The van der Waals surface area contributed by atoms with Crippen LogP contribution in [0.4, 0.5) is 0 Å². The third kappa shape index (κ3) is 5.03. The number of ether oxygens (including phenoxy) is 1. The van der Waals surface area contributed by atoms with Crippen LogP contribution in [-0.4, -0.2) is 58.8 Å². The maximum atomic E-state index is 11.4. The molecule has 1 aliphatic carbocycles. The third-order valence-corrected chi connectivity index (χ3v) is 6.40. The van der Waals surface area contributed by atoms with Crippen LogP contribution in [0.3, 0.4) is 0 Å². The molecule has 146 valence electrons. The Bertz CT molecular complexity index is 731. The van der Waals surface area contributed by atoms with Crippen molar-refractivity contribution in [2.75, 3.05) is 39.5 Å². The number of benzene rings is 1. The first-order valence-corrected chi connectivity index (χ1v) is 10.7. The van der Waals surface area contributed by atoms with Crippen molar-refractivity contribution in [3.63, 3.8) is 0 Å². The average molecular weight is 493 g/mol. The Kier molecular flexibility index (Phi) is 7.18. The Hall–Kier alpha value is -1.03. The van der Waals surface area contributed by atoms with Crippen molar-refractivity contribution >= 4 is 39.8 Å². The second-order valence-corrected chi connectivity index (χ2v) is 9.11. The Balaban J connectivity index is 0.00000243. The minimum absolute atomic E-state index is 0. The smallest absolute Gasteiger partial charge is 0.193 e. The van der Waals surface area contributed by atoms with Gasteiger partial charge in [-0.25, -0.2) is 8.42 Å². The molecule has 2 fully saturated rings. The van der Waals surface area contributed by atoms with Crippen LogP contribution in [0.5, 0.6) is 5.75 Å². The highest BCUT2D eigenvalue weighted by molar-refractivity contribution is 14.0. The quantitative estimate of drug-likeness (QED) is 0.296. The van der Waals surface area contributed by atoms with Gasteiger partial charge in [-0.1, -0.05) is 6.42 Å². The highest BCUT2D eigenvalue weighted by atomic mass is 127. The van der Waals surface area contributed by atoms with Gasteiger partial charge in [0.05, 0.1) is 11.4 Å². The minimum Gasteiger partial charge on any atom is -0.492 e. The number of nitrogens with one attached hydrogen (secondary N) is 1. The Morgan fingerprint density at radius 3 is 2.46 bits per heavy atom. The molecule has 0 amide bonds. The topological polar surface area (TPSA) is 71.0 Å². The number of rotatable bonds is 5. The van der Waals surface area contributed by atoms with Crippen LogP contribution in [0.1, 0.15) is 25.7 Å². The van der Waals surface area contributed by atoms with Crippen molar-refractivity contribution < 1.29 is 13.2 Å². The van der Waals surface area contributed by atoms with Gasteiger partial charge >= 0.3 is 0 Å². The zero-order valence-corrected chi connectivity index (χ0v) is 18.5. The molecule has 1 aliphatic heterocycles. The zero-order chi connectivity index (χ0) is 17.9. The van der Waals surface area contributed by atoms with Crippen LogP contribution in [0.25, 0.3) is 0 Å². The number of sulfone groups is 1. The van der Waals surface area contributed by atoms with E-state index in [1.54, 1.807) is 24.3 Å². The summed E-state index contributed by atoms with van der Waals surface area (Å²) in [5, 5.41) is 3.36. The molecule has 1 N–H and O–H groups in total. The largest absolute Gasteiger partial charge is 0.492 e. The molecule has 1 spiro atoms. The molecular formula is C18H28IN3O3S. The molecule has 1 aromatic rings. The van der Waals surface area contributed by atoms with E-state index in [0.717, 1.165) is 19.0 Å². The fraction of sp³-hybridized carbons (Fsp3) is 0.611. The monoisotopic (exact) mass is 493 g/mol. The number of aliphatic imine (C=N–C) groups is 1. The van der Waals surface area contributed by atoms with Crippen LogP contribution >= 0.6 is 24.0 Å². The van der Waals surface area contributed by atoms with Crippen LogP contribution < -0.4 is 10.1 Å². The van der Waals surface area contributed by atoms with Crippen LogP contribution in [-0.2, 0) is 9.84 Å². The molecule has 1 heterocycles. The first-order valence-electron chi connectivity index (χ1n) is 8.80. The lowest BCUT2D eigenvalue weighted by Gasteiger charge is -2.38. The fourth-order valence-corrected chi connectivity index (χ4v) is 4.28. The van der Waals surface area contributed by atoms with Gasteiger partial charge in [0, 0.05) is 26.4 Å². The van der Waals surface area contributed by atoms with E-state index >= 15 is 0 Å². The zero-order valence-electron chi connectivity index (χ0n) is 15.4. The predicted octanol–water partition coefficient (Wildman–Crippen LogP) is 2.54. The summed E-state index contributed by atoms with van der Waals surface area (Å²) in [7, 11) is -1.35. The van der Waals surface area contributed by atoms with Crippen molar-refractivity contribution in [1.29, 1.82) is 0 Å². The molecule has 2 aliphatic rings. The minimum atomic E-state index is -3.17. The Labute approximate surface area is 173 Å². The van der Waals surface area contributed by atoms with Crippen molar-refractivity contribution in [3.8, 4) is 5.75 Å². The molecule has 0 aromatic heterocycles. The lowest BCUT2D eigenvalue weighted by Crippen LogP contribution is -2.43. The Morgan fingerprint density at radius 1 is 1.27 bits per heavy atom. The summed E-state index contributed by atoms with van der Waals surface area (Å²) in [6.45, 7) is 3.34. The van der Waals surface area contributed by atoms with Crippen LogP contribution in [0, 0.1) is 5.41 Å². The molecule has 1 saturated carbocycles. The standard InChI is InChI=1S/C18H27N3O3S.HI/c1-19-17(21-12-10-18(14-21)8-3-9-18)20-11-13-24-15-4-6-16(7-5-15)25(2,22)23;/h4-7H,3,8-14H2,1-2H3,(H,19,20);1H. The van der Waals surface area contributed by atoms with E-state index in [2.05, 4.69) is 15.2 Å². The van der Waals surface area contributed by atoms with Gasteiger partial charge in [0.1, 0.15) is 12.4 Å². The van der Waals surface area contributed by atoms with Gasteiger partial charge in [-0.2, -0.15) is 0 Å². The molecule has 0 atom stereocenters. The molecule has 6 nitrogen and oxygen atoms in total. The molecule has 8 heteroatoms. The van der Waals surface area contributed by atoms with Gasteiger partial charge in [0.2, 0.25) is 0 Å². The first-order chi connectivity index (χ1) is 11.9. The molecule has 3 rings (SSSR count). The van der Waals surface area contributed by atoms with E-state index in [4.69, 9.17) is 4.74 Å². The van der Waals surface area contributed by atoms with Crippen molar-refractivity contribution in [1.82, 2.24) is 10.2 Å². The molecule has 26 heavy (non-hydrogen) atoms. The molecule has 0 unspecified atom stereocenters. The van der Waals surface area contributed by atoms with E-state index in [9.17, 15) is 8.42 Å². The first kappa shape index (κ1) is 21.3. The van der Waals surface area contributed by atoms with Gasteiger partial charge in [0.25, 0.3) is 0 Å². The molecule has 1 saturated heterocycles. The van der Waals surface area contributed by atoms with Crippen LogP contribution in [0.15, 0.2) is 34.2 Å². The summed E-state index contributed by atoms with van der Waals surface area (Å²) in [4.78, 5) is 7.04. The van der Waals surface area contributed by atoms with E-state index in [1.165, 1.54) is 31.9 Å². The number of guanidine groups is 1. The van der Waals surface area contributed by atoms with E-state index in [-0.39, 0.29) is 24.0 Å². The SMILES string of the molecule is CN=C(NCCOc1ccc(S(C)(=O)=O)cc1)N1CCC2(CCC2)C1.I. The van der Waals surface area contributed by atoms with Gasteiger partial charge in [-0.05, 0) is 48.9 Å². The van der Waals surface area contributed by atoms with Crippen LogP contribution in [0.2, 0.25) is 0 Å². The van der Waals surface area contributed by atoms with Gasteiger partial charge in [-0.15, -0.1) is 24.0 Å². The average Bonchev–Trinajstić information content (AvgIpc) is 3.00. The van der Waals surface area contributed by atoms with Gasteiger partial charge < -0.3 is 15.0 Å². The summed E-state index contributed by atoms with van der Waals surface area (Å²) in [5.74, 6) is 1.61. The van der Waals surface area contributed by atoms with Crippen molar-refractivity contribution in [3.05, 3.63) is 24.3 Å². The highest BCUT2D eigenvalue weighted by Crippen LogP contribution is 2.47. The number of likely N-dealkylation sites (tertiary alicyclic amines) is 1. The maximum absolute atomic E-state index is 11.4. The van der Waals surface area contributed by atoms with E-state index in [0.29, 0.717) is 29.2 Å². The lowest BCUT2D eigenvalue weighted by molar-refractivity contribution is 0.151. The molecule has 0 radical (unpaired) electrons. The number of hydrogen-bond acceptors (Lipinski definition) is 4. The lowest BCUT2D eigenvalue weighted by atomic mass is 9.68. The predicted molar refractivity (Wildman–Crippen MR) is 114 cm³/mol. The summed E-state index contributed by atoms with van der Waals surface area (Å²) < 4.78 is 28.6. The summed E-state index contributed by atoms with van der Waals surface area (Å²) in [5.41, 5.74) is 0.551. The summed E-state index contributed by atoms with van der Waals surface area (Å²) in [6, 6.07) is 6.51. The molecule has 1 aromatic carbocycles. The number of nitrogens with zero attached hydrogens (tertiary/aromatic N) is 2. The second-order valence-electron chi connectivity index (χ2n) is 7.09. The third-order valence-electron chi connectivity index (χ3n) is 5.27. The highest BCUT2D eigenvalue weighted by Gasteiger charge is 2.43. The number of hydrogen-bond donors (Lipinski definition) is 1. The second kappa shape index (κ2) is 8.77. The Morgan fingerprint density at radius 2 is 1.96 bits per heavy atom. The van der Waals surface area contributed by atoms with E-state index < -0.39 is 9.84 Å². The fourth-order valence-electron chi connectivity index (χ4n) is 3.65. The normalized spacial score (nSPS) is 19.0. The number of halogens is 1.